The second-order valence-corrected chi connectivity index (χ2v) is 6.62. The Morgan fingerprint density at radius 1 is 1.10 bits per heavy atom. The molecule has 29 heavy (non-hydrogen) atoms. The van der Waals surface area contributed by atoms with Crippen LogP contribution in [0.15, 0.2) is 42.7 Å². The van der Waals surface area contributed by atoms with Crippen molar-refractivity contribution in [2.24, 2.45) is 0 Å². The molecule has 0 N–H and O–H groups in total. The van der Waals surface area contributed by atoms with Crippen LogP contribution in [0.3, 0.4) is 0 Å². The topological polar surface area (TPSA) is 70.1 Å². The van der Waals surface area contributed by atoms with Gasteiger partial charge in [-0.25, -0.2) is 0 Å². The first kappa shape index (κ1) is 20.5. The van der Waals surface area contributed by atoms with Crippen LogP contribution in [0.2, 0.25) is 0 Å². The summed E-state index contributed by atoms with van der Waals surface area (Å²) in [5.74, 6) is 2.35. The van der Waals surface area contributed by atoms with Crippen molar-refractivity contribution < 1.29 is 23.7 Å². The van der Waals surface area contributed by atoms with Crippen molar-refractivity contribution >= 4 is 12.0 Å². The molecule has 154 valence electrons. The number of piperidine rings is 1. The van der Waals surface area contributed by atoms with Gasteiger partial charge in [0.1, 0.15) is 11.9 Å². The normalized spacial score (nSPS) is 14.7. The Bertz CT molecular complexity index is 821. The molecule has 0 unspecified atom stereocenters. The third-order valence-electron chi connectivity index (χ3n) is 4.80. The van der Waals surface area contributed by atoms with Crippen LogP contribution in [0.5, 0.6) is 23.0 Å². The van der Waals surface area contributed by atoms with Gasteiger partial charge in [-0.15, -0.1) is 0 Å². The number of hydrogen-bond acceptors (Lipinski definition) is 6. The molecule has 0 atom stereocenters. The van der Waals surface area contributed by atoms with E-state index in [1.165, 1.54) is 0 Å². The summed E-state index contributed by atoms with van der Waals surface area (Å²) in [7, 11) is 4.68. The molecule has 1 aliphatic rings. The molecular formula is C22H26N2O5. The van der Waals surface area contributed by atoms with Crippen LogP contribution in [0.4, 0.5) is 0 Å². The average molecular weight is 398 g/mol. The predicted molar refractivity (Wildman–Crippen MR) is 110 cm³/mol. The number of benzene rings is 1. The number of carbonyl (C=O) groups is 1. The van der Waals surface area contributed by atoms with Crippen molar-refractivity contribution in [2.75, 3.05) is 34.4 Å². The SMILES string of the molecule is COc1cc(/C=C/C(=O)N2CCC(Oc3cccnc3)CC2)cc(OC)c1OC. The average Bonchev–Trinajstić information content (AvgIpc) is 2.77. The second-order valence-electron chi connectivity index (χ2n) is 6.62. The summed E-state index contributed by atoms with van der Waals surface area (Å²) in [5, 5.41) is 0. The molecule has 0 bridgehead atoms. The Morgan fingerprint density at radius 3 is 2.34 bits per heavy atom. The Hall–Kier alpha value is -3.22. The number of nitrogens with zero attached hydrogens (tertiary/aromatic N) is 2. The van der Waals surface area contributed by atoms with Gasteiger partial charge in [0.15, 0.2) is 11.5 Å². The fraction of sp³-hybridized carbons (Fsp3) is 0.364. The summed E-state index contributed by atoms with van der Waals surface area (Å²) in [6, 6.07) is 7.35. The quantitative estimate of drug-likeness (QED) is 0.667. The maximum Gasteiger partial charge on any atom is 0.246 e. The van der Waals surface area contributed by atoms with E-state index in [9.17, 15) is 4.79 Å². The minimum atomic E-state index is -0.0291. The van der Waals surface area contributed by atoms with E-state index in [1.54, 1.807) is 58.0 Å². The van der Waals surface area contributed by atoms with Gasteiger partial charge in [0.2, 0.25) is 11.7 Å². The summed E-state index contributed by atoms with van der Waals surface area (Å²) in [6.45, 7) is 1.31. The lowest BCUT2D eigenvalue weighted by molar-refractivity contribution is -0.127. The highest BCUT2D eigenvalue weighted by molar-refractivity contribution is 5.92. The molecular weight excluding hydrogens is 372 g/mol. The van der Waals surface area contributed by atoms with Gasteiger partial charge in [-0.1, -0.05) is 0 Å². The van der Waals surface area contributed by atoms with E-state index in [1.807, 2.05) is 17.0 Å². The maximum atomic E-state index is 12.6. The molecule has 0 aliphatic carbocycles. The van der Waals surface area contributed by atoms with Crippen molar-refractivity contribution in [1.29, 1.82) is 0 Å². The second kappa shape index (κ2) is 9.82. The first-order valence-corrected chi connectivity index (χ1v) is 9.48. The van der Waals surface area contributed by atoms with Crippen LogP contribution in [0.25, 0.3) is 6.08 Å². The molecule has 7 heteroatoms. The number of hydrogen-bond donors (Lipinski definition) is 0. The zero-order valence-electron chi connectivity index (χ0n) is 17.0. The lowest BCUT2D eigenvalue weighted by Gasteiger charge is -2.31. The molecule has 7 nitrogen and oxygen atoms in total. The number of carbonyl (C=O) groups excluding carboxylic acids is 1. The molecule has 1 aromatic heterocycles. The largest absolute Gasteiger partial charge is 0.493 e. The first-order valence-electron chi connectivity index (χ1n) is 9.48. The smallest absolute Gasteiger partial charge is 0.246 e. The van der Waals surface area contributed by atoms with Gasteiger partial charge in [0.05, 0.1) is 27.5 Å². The molecule has 3 rings (SSSR count). The number of amides is 1. The highest BCUT2D eigenvalue weighted by atomic mass is 16.5. The minimum absolute atomic E-state index is 0.0291. The molecule has 1 fully saturated rings. The van der Waals surface area contributed by atoms with Gasteiger partial charge in [-0.05, 0) is 35.9 Å². The summed E-state index contributed by atoms with van der Waals surface area (Å²) in [6.07, 6.45) is 8.43. The van der Waals surface area contributed by atoms with Gasteiger partial charge in [0, 0.05) is 38.2 Å². The standard InChI is InChI=1S/C22H26N2O5/c1-26-19-13-16(14-20(27-2)22(19)28-3)6-7-21(25)24-11-8-17(9-12-24)29-18-5-4-10-23-15-18/h4-7,10,13-15,17H,8-9,11-12H2,1-3H3/b7-6+. The third kappa shape index (κ3) is 5.19. The van der Waals surface area contributed by atoms with E-state index in [0.717, 1.165) is 24.2 Å². The van der Waals surface area contributed by atoms with Crippen molar-refractivity contribution in [1.82, 2.24) is 9.88 Å². The monoisotopic (exact) mass is 398 g/mol. The van der Waals surface area contributed by atoms with E-state index < -0.39 is 0 Å². The predicted octanol–water partition coefficient (Wildman–Crippen LogP) is 3.19. The zero-order chi connectivity index (χ0) is 20.6. The van der Waals surface area contributed by atoms with E-state index in [4.69, 9.17) is 18.9 Å². The minimum Gasteiger partial charge on any atom is -0.493 e. The lowest BCUT2D eigenvalue weighted by Crippen LogP contribution is -2.41. The number of likely N-dealkylation sites (tertiary alicyclic amines) is 1. The first-order chi connectivity index (χ1) is 14.1. The van der Waals surface area contributed by atoms with Gasteiger partial charge < -0.3 is 23.8 Å². The highest BCUT2D eigenvalue weighted by Crippen LogP contribution is 2.38. The number of pyridine rings is 1. The molecule has 2 heterocycles. The molecule has 1 saturated heterocycles. The summed E-state index contributed by atoms with van der Waals surface area (Å²) in [4.78, 5) is 18.5. The molecule has 0 saturated carbocycles. The number of rotatable bonds is 7. The summed E-state index contributed by atoms with van der Waals surface area (Å²) < 4.78 is 22.0. The Balaban J connectivity index is 1.59. The lowest BCUT2D eigenvalue weighted by atomic mass is 10.1. The Kier molecular flexibility index (Phi) is 6.94. The third-order valence-corrected chi connectivity index (χ3v) is 4.80. The van der Waals surface area contributed by atoms with Crippen LogP contribution >= 0.6 is 0 Å². The van der Waals surface area contributed by atoms with Crippen molar-refractivity contribution in [2.45, 2.75) is 18.9 Å². The zero-order valence-corrected chi connectivity index (χ0v) is 17.0. The van der Waals surface area contributed by atoms with Crippen LogP contribution in [-0.4, -0.2) is 56.3 Å². The van der Waals surface area contributed by atoms with Crippen LogP contribution in [-0.2, 0) is 4.79 Å². The summed E-state index contributed by atoms with van der Waals surface area (Å²) in [5.41, 5.74) is 0.794. The fourth-order valence-corrected chi connectivity index (χ4v) is 3.27. The maximum absolute atomic E-state index is 12.6. The molecule has 0 radical (unpaired) electrons. The molecule has 1 amide bonds. The van der Waals surface area contributed by atoms with Gasteiger partial charge in [0.25, 0.3) is 0 Å². The summed E-state index contributed by atoms with van der Waals surface area (Å²) >= 11 is 0. The highest BCUT2D eigenvalue weighted by Gasteiger charge is 2.23. The van der Waals surface area contributed by atoms with Gasteiger partial charge in [-0.3, -0.25) is 9.78 Å². The Labute approximate surface area is 170 Å². The fourth-order valence-electron chi connectivity index (χ4n) is 3.27. The van der Waals surface area contributed by atoms with E-state index in [2.05, 4.69) is 4.98 Å². The number of methoxy groups -OCH3 is 3. The van der Waals surface area contributed by atoms with Crippen LogP contribution < -0.4 is 18.9 Å². The molecule has 1 aromatic carbocycles. The molecule has 1 aliphatic heterocycles. The number of ether oxygens (including phenoxy) is 4. The molecule has 2 aromatic rings. The van der Waals surface area contributed by atoms with E-state index in [-0.39, 0.29) is 12.0 Å². The van der Waals surface area contributed by atoms with Crippen molar-refractivity contribution in [3.05, 3.63) is 48.3 Å². The van der Waals surface area contributed by atoms with E-state index >= 15 is 0 Å². The molecule has 0 spiro atoms. The number of aromatic nitrogens is 1. The van der Waals surface area contributed by atoms with Gasteiger partial charge in [-0.2, -0.15) is 0 Å². The Morgan fingerprint density at radius 2 is 1.79 bits per heavy atom. The van der Waals surface area contributed by atoms with Crippen LogP contribution in [0.1, 0.15) is 18.4 Å². The van der Waals surface area contributed by atoms with Gasteiger partial charge >= 0.3 is 0 Å². The van der Waals surface area contributed by atoms with Crippen molar-refractivity contribution in [3.8, 4) is 23.0 Å². The van der Waals surface area contributed by atoms with Crippen LogP contribution in [0, 0.1) is 0 Å². The van der Waals surface area contributed by atoms with E-state index in [0.29, 0.717) is 30.3 Å². The van der Waals surface area contributed by atoms with Crippen molar-refractivity contribution in [3.63, 3.8) is 0 Å².